The summed E-state index contributed by atoms with van der Waals surface area (Å²) in [5.41, 5.74) is 2.70. The molecule has 8 heteroatoms. The number of amides is 3. The maximum absolute atomic E-state index is 12.4. The summed E-state index contributed by atoms with van der Waals surface area (Å²) in [5.74, 6) is 0.480. The van der Waals surface area contributed by atoms with Crippen LogP contribution in [0, 0.1) is 6.92 Å². The van der Waals surface area contributed by atoms with Crippen LogP contribution >= 0.6 is 11.8 Å². The fourth-order valence-electron chi connectivity index (χ4n) is 3.08. The third-order valence-corrected chi connectivity index (χ3v) is 5.79. The van der Waals surface area contributed by atoms with Crippen LogP contribution in [-0.2, 0) is 11.4 Å². The number of urea groups is 1. The van der Waals surface area contributed by atoms with E-state index in [1.165, 1.54) is 18.8 Å². The predicted octanol–water partition coefficient (Wildman–Crippen LogP) is 3.74. The number of carbonyl (C=O) groups is 2. The largest absolute Gasteiger partial charge is 0.489 e. The SMILES string of the molecule is Cc1cc(COc2ccc(Sc3ccncc3C3NC(=O)N(C)C3=O)cc2)ccn1. The zero-order valence-corrected chi connectivity index (χ0v) is 17.3. The molecule has 3 heterocycles. The fourth-order valence-corrected chi connectivity index (χ4v) is 4.03. The Labute approximate surface area is 178 Å². The average Bonchev–Trinajstić information content (AvgIpc) is 3.01. The summed E-state index contributed by atoms with van der Waals surface area (Å²) in [5, 5.41) is 2.70. The molecule has 7 nitrogen and oxygen atoms in total. The molecule has 3 aromatic rings. The first-order valence-corrected chi connectivity index (χ1v) is 10.2. The zero-order valence-electron chi connectivity index (χ0n) is 16.5. The number of benzene rings is 1. The Bertz CT molecular complexity index is 1090. The number of aromatic nitrogens is 2. The number of nitrogens with one attached hydrogen (secondary N) is 1. The van der Waals surface area contributed by atoms with Gasteiger partial charge in [-0.15, -0.1) is 0 Å². The Hall–Kier alpha value is -3.39. The molecule has 1 fully saturated rings. The molecule has 3 amide bonds. The Balaban J connectivity index is 1.45. The highest BCUT2D eigenvalue weighted by molar-refractivity contribution is 7.99. The number of rotatable bonds is 6. The highest BCUT2D eigenvalue weighted by Crippen LogP contribution is 2.35. The Morgan fingerprint density at radius 3 is 2.63 bits per heavy atom. The van der Waals surface area contributed by atoms with Crippen molar-refractivity contribution in [2.24, 2.45) is 0 Å². The molecule has 1 N–H and O–H groups in total. The van der Waals surface area contributed by atoms with E-state index in [0.29, 0.717) is 12.2 Å². The molecular weight excluding hydrogens is 400 g/mol. The first-order chi connectivity index (χ1) is 14.5. The average molecular weight is 420 g/mol. The van der Waals surface area contributed by atoms with E-state index >= 15 is 0 Å². The second-order valence-corrected chi connectivity index (χ2v) is 7.98. The van der Waals surface area contributed by atoms with Gasteiger partial charge in [0, 0.05) is 46.7 Å². The van der Waals surface area contributed by atoms with Gasteiger partial charge < -0.3 is 10.1 Å². The third-order valence-electron chi connectivity index (χ3n) is 4.69. The van der Waals surface area contributed by atoms with Crippen molar-refractivity contribution >= 4 is 23.7 Å². The first-order valence-electron chi connectivity index (χ1n) is 9.35. The van der Waals surface area contributed by atoms with Crippen molar-refractivity contribution < 1.29 is 14.3 Å². The molecule has 1 aromatic carbocycles. The molecule has 1 unspecified atom stereocenters. The summed E-state index contributed by atoms with van der Waals surface area (Å²) in [4.78, 5) is 35.4. The van der Waals surface area contributed by atoms with Gasteiger partial charge in [0.15, 0.2) is 0 Å². The zero-order chi connectivity index (χ0) is 21.1. The molecule has 0 bridgehead atoms. The summed E-state index contributed by atoms with van der Waals surface area (Å²) in [6, 6.07) is 12.4. The van der Waals surface area contributed by atoms with Gasteiger partial charge in [-0.25, -0.2) is 4.79 Å². The standard InChI is InChI=1S/C22H20N4O3S/c1-14-11-15(7-10-24-14)13-29-16-3-5-17(6-4-16)30-19-8-9-23-12-18(19)20-21(27)26(2)22(28)25-20/h3-12,20H,13H2,1-2H3,(H,25,28). The number of nitrogens with zero attached hydrogens (tertiary/aromatic N) is 3. The van der Waals surface area contributed by atoms with E-state index in [9.17, 15) is 9.59 Å². The number of pyridine rings is 2. The Kier molecular flexibility index (Phi) is 5.67. The van der Waals surface area contributed by atoms with E-state index in [1.807, 2.05) is 49.4 Å². The van der Waals surface area contributed by atoms with Gasteiger partial charge in [-0.05, 0) is 55.0 Å². The Morgan fingerprint density at radius 1 is 1.13 bits per heavy atom. The van der Waals surface area contributed by atoms with Crippen LogP contribution in [0.15, 0.2) is 70.8 Å². The second kappa shape index (κ2) is 8.54. The van der Waals surface area contributed by atoms with Crippen LogP contribution in [-0.4, -0.2) is 33.9 Å². The monoisotopic (exact) mass is 420 g/mol. The normalized spacial score (nSPS) is 15.9. The van der Waals surface area contributed by atoms with Gasteiger partial charge in [0.05, 0.1) is 0 Å². The lowest BCUT2D eigenvalue weighted by molar-refractivity contribution is -0.126. The minimum Gasteiger partial charge on any atom is -0.489 e. The molecule has 4 rings (SSSR count). The molecule has 0 radical (unpaired) electrons. The van der Waals surface area contributed by atoms with Gasteiger partial charge in [-0.1, -0.05) is 11.8 Å². The summed E-state index contributed by atoms with van der Waals surface area (Å²) in [6.07, 6.45) is 5.07. The number of hydrogen-bond acceptors (Lipinski definition) is 6. The van der Waals surface area contributed by atoms with Crippen LogP contribution in [0.1, 0.15) is 22.9 Å². The minimum atomic E-state index is -0.717. The number of carbonyl (C=O) groups excluding carboxylic acids is 2. The number of imide groups is 1. The lowest BCUT2D eigenvalue weighted by Gasteiger charge is -2.13. The second-order valence-electron chi connectivity index (χ2n) is 6.86. The lowest BCUT2D eigenvalue weighted by Crippen LogP contribution is -2.25. The quantitative estimate of drug-likeness (QED) is 0.612. The van der Waals surface area contributed by atoms with E-state index in [-0.39, 0.29) is 5.91 Å². The van der Waals surface area contributed by atoms with E-state index in [2.05, 4.69) is 15.3 Å². The highest BCUT2D eigenvalue weighted by Gasteiger charge is 2.37. The van der Waals surface area contributed by atoms with E-state index in [0.717, 1.165) is 31.7 Å². The number of aryl methyl sites for hydroxylation is 1. The van der Waals surface area contributed by atoms with Crippen LogP contribution in [0.4, 0.5) is 4.79 Å². The van der Waals surface area contributed by atoms with E-state index < -0.39 is 12.1 Å². The summed E-state index contributed by atoms with van der Waals surface area (Å²) < 4.78 is 5.85. The van der Waals surface area contributed by atoms with Crippen molar-refractivity contribution in [1.82, 2.24) is 20.2 Å². The molecule has 152 valence electrons. The first kappa shape index (κ1) is 19.9. The molecule has 2 aromatic heterocycles. The molecule has 0 aliphatic carbocycles. The molecule has 1 aliphatic heterocycles. The predicted molar refractivity (Wildman–Crippen MR) is 112 cm³/mol. The van der Waals surface area contributed by atoms with Crippen LogP contribution < -0.4 is 10.1 Å². The van der Waals surface area contributed by atoms with Gasteiger partial charge in [0.1, 0.15) is 18.4 Å². The van der Waals surface area contributed by atoms with Crippen LogP contribution in [0.5, 0.6) is 5.75 Å². The van der Waals surface area contributed by atoms with Gasteiger partial charge in [0.2, 0.25) is 0 Å². The van der Waals surface area contributed by atoms with Crippen LogP contribution in [0.25, 0.3) is 0 Å². The molecule has 0 saturated carbocycles. The van der Waals surface area contributed by atoms with Gasteiger partial charge >= 0.3 is 6.03 Å². The topological polar surface area (TPSA) is 84.4 Å². The minimum absolute atomic E-state index is 0.287. The van der Waals surface area contributed by atoms with Gasteiger partial charge in [-0.2, -0.15) is 0 Å². The van der Waals surface area contributed by atoms with Crippen molar-refractivity contribution in [2.45, 2.75) is 29.4 Å². The number of ether oxygens (including phenoxy) is 1. The van der Waals surface area contributed by atoms with E-state index in [4.69, 9.17) is 4.74 Å². The molecule has 1 aliphatic rings. The fraction of sp³-hybridized carbons (Fsp3) is 0.182. The van der Waals surface area contributed by atoms with Crippen molar-refractivity contribution in [2.75, 3.05) is 7.05 Å². The van der Waals surface area contributed by atoms with Crippen molar-refractivity contribution in [1.29, 1.82) is 0 Å². The maximum atomic E-state index is 12.4. The summed E-state index contributed by atoms with van der Waals surface area (Å²) in [6.45, 7) is 2.42. The molecular formula is C22H20N4O3S. The van der Waals surface area contributed by atoms with Gasteiger partial charge in [0.25, 0.3) is 5.91 Å². The molecule has 30 heavy (non-hydrogen) atoms. The number of hydrogen-bond donors (Lipinski definition) is 1. The van der Waals surface area contributed by atoms with Crippen molar-refractivity contribution in [3.63, 3.8) is 0 Å². The van der Waals surface area contributed by atoms with Crippen LogP contribution in [0.2, 0.25) is 0 Å². The number of likely N-dealkylation sites (N-methyl/N-ethyl adjacent to an activating group) is 1. The van der Waals surface area contributed by atoms with Crippen molar-refractivity contribution in [3.05, 3.63) is 77.9 Å². The smallest absolute Gasteiger partial charge is 0.324 e. The maximum Gasteiger partial charge on any atom is 0.324 e. The molecule has 0 spiro atoms. The molecule has 1 atom stereocenters. The van der Waals surface area contributed by atoms with Crippen molar-refractivity contribution in [3.8, 4) is 5.75 Å². The molecule has 1 saturated heterocycles. The van der Waals surface area contributed by atoms with E-state index in [1.54, 1.807) is 18.6 Å². The highest BCUT2D eigenvalue weighted by atomic mass is 32.2. The lowest BCUT2D eigenvalue weighted by atomic mass is 10.1. The summed E-state index contributed by atoms with van der Waals surface area (Å²) in [7, 11) is 1.47. The summed E-state index contributed by atoms with van der Waals surface area (Å²) >= 11 is 1.50. The van der Waals surface area contributed by atoms with Gasteiger partial charge in [-0.3, -0.25) is 19.7 Å². The van der Waals surface area contributed by atoms with Crippen LogP contribution in [0.3, 0.4) is 0 Å². The third kappa shape index (κ3) is 4.28. The Morgan fingerprint density at radius 2 is 1.93 bits per heavy atom.